The molecule has 6 aromatic carbocycles. The van der Waals surface area contributed by atoms with Gasteiger partial charge in [-0.05, 0) is 116 Å². The molecule has 5 N–H and O–H groups in total. The lowest BCUT2D eigenvalue weighted by molar-refractivity contribution is -0.148. The van der Waals surface area contributed by atoms with Crippen LogP contribution in [0.15, 0.2) is 165 Å². The highest BCUT2D eigenvalue weighted by Crippen LogP contribution is 2.49. The second kappa shape index (κ2) is 37.4. The molecule has 2 aliphatic carbocycles. The molecule has 0 aromatic heterocycles. The molecule has 2 saturated heterocycles. The van der Waals surface area contributed by atoms with Crippen LogP contribution >= 0.6 is 31.9 Å². The minimum absolute atomic E-state index is 0.00219. The monoisotopic (exact) mass is 1630 g/mol. The Balaban J connectivity index is 0.000000196. The molecule has 4 aliphatic heterocycles. The Kier molecular flexibility index (Phi) is 27.7. The van der Waals surface area contributed by atoms with E-state index in [1.807, 2.05) is 84.9 Å². The highest BCUT2D eigenvalue weighted by Gasteiger charge is 2.47. The number of fused-ring (bicyclic) bond motifs is 8. The maximum Gasteiger partial charge on any atom is 0.340 e. The number of hydrogen-bond acceptors (Lipinski definition) is 24. The second-order valence-corrected chi connectivity index (χ2v) is 28.2. The predicted molar refractivity (Wildman–Crippen MR) is 402 cm³/mol. The van der Waals surface area contributed by atoms with Gasteiger partial charge in [0.2, 0.25) is 23.6 Å². The number of carbonyl (C=O) groups is 10. The van der Waals surface area contributed by atoms with Gasteiger partial charge in [0, 0.05) is 70.7 Å². The normalized spacial score (nSPS) is 18.8. The third-order valence-corrected chi connectivity index (χ3v) is 20.5. The number of aliphatic hydroxyl groups is 2. The van der Waals surface area contributed by atoms with Crippen LogP contribution in [-0.2, 0) is 76.4 Å². The summed E-state index contributed by atoms with van der Waals surface area (Å²) in [7, 11) is 0. The van der Waals surface area contributed by atoms with Gasteiger partial charge in [-0.3, -0.25) is 38.4 Å². The van der Waals surface area contributed by atoms with Crippen molar-refractivity contribution in [2.24, 2.45) is 17.6 Å². The van der Waals surface area contributed by atoms with Gasteiger partial charge in [0.1, 0.15) is 35.9 Å². The van der Waals surface area contributed by atoms with E-state index in [1.54, 1.807) is 64.1 Å². The Hall–Kier alpha value is -11.0. The fourth-order valence-corrected chi connectivity index (χ4v) is 15.3. The molecule has 110 heavy (non-hydrogen) atoms. The Bertz CT molecular complexity index is 4610. The predicted octanol–water partition coefficient (Wildman–Crippen LogP) is 9.69. The highest BCUT2D eigenvalue weighted by atomic mass is 79.9. The number of esters is 6. The number of nitrogens with two attached hydrogens (primary N) is 1. The molecular weight excluding hydrogens is 1550 g/mol. The molecule has 2 amide bonds. The number of halogens is 2. The number of benzene rings is 6. The molecule has 6 aromatic rings. The van der Waals surface area contributed by atoms with E-state index in [4.69, 9.17) is 43.6 Å². The van der Waals surface area contributed by atoms with E-state index in [9.17, 15) is 68.7 Å². The standard InChI is InChI=1S/C41H40BrN3O10.C24H25NO5.C17H17BrN2O5/c1-3-52-40(50)30(19-43)37-29-17-23(42)13-14-34(29)55-39(38(37)41(51)53-4-2)44-20-33(47)32-18-24(46)21-45(32)35(48)15-16-36(49)54-22-31-27-11-7-5-9-25(27)26-10-6-8-12-28(26)31;1-15(26)22-12-16(27)13-25(22)23(28)10-11-24(29)30-14-21-19-8-4-2-6-17(19)18-7-3-5-9-20(18)21;1-3-23-16(21)11(8-19)13-10-7-9(18)5-6-12(10)25-15(20)14(13)17(22)24-4-2/h5-14,17,24,30-32,37,44,46H,3-4,15-16,18,20-22H2,1-2H3;2-9,16,21-22,27H,10-14H2,1H3;5-7,11,13H,3-4,20H2,1-2H3/t24-,30?,32+,37?;16-,22+;/m11./s1. The van der Waals surface area contributed by atoms with Crippen molar-refractivity contribution in [3.05, 3.63) is 199 Å². The Morgan fingerprint density at radius 3 is 1.31 bits per heavy atom. The van der Waals surface area contributed by atoms with Gasteiger partial charge >= 0.3 is 35.8 Å². The van der Waals surface area contributed by atoms with Crippen LogP contribution in [0.2, 0.25) is 0 Å². The number of Topliss-reactive ketones (excluding diaryl/α,β-unsaturated/α-hetero) is 2. The minimum Gasteiger partial charge on any atom is -0.465 e. The van der Waals surface area contributed by atoms with Crippen LogP contribution in [0.25, 0.3) is 22.3 Å². The minimum atomic E-state index is -1.47. The van der Waals surface area contributed by atoms with E-state index < -0.39 is 102 Å². The van der Waals surface area contributed by atoms with Gasteiger partial charge in [0.05, 0.1) is 94.1 Å². The van der Waals surface area contributed by atoms with Crippen molar-refractivity contribution in [3.8, 4) is 45.9 Å². The summed E-state index contributed by atoms with van der Waals surface area (Å²) in [5.74, 6) is -10.5. The van der Waals surface area contributed by atoms with Crippen molar-refractivity contribution in [2.45, 2.75) is 121 Å². The van der Waals surface area contributed by atoms with E-state index in [0.717, 1.165) is 44.5 Å². The van der Waals surface area contributed by atoms with E-state index in [-0.39, 0.29) is 143 Å². The first kappa shape index (κ1) is 81.5. The zero-order chi connectivity index (χ0) is 79.0. The molecule has 12 rings (SSSR count). The Labute approximate surface area is 651 Å². The van der Waals surface area contributed by atoms with Gasteiger partial charge in [-0.2, -0.15) is 10.5 Å². The van der Waals surface area contributed by atoms with Gasteiger partial charge in [-0.1, -0.05) is 129 Å². The third kappa shape index (κ3) is 18.5. The van der Waals surface area contributed by atoms with E-state index in [2.05, 4.69) is 61.4 Å². The van der Waals surface area contributed by atoms with Crippen LogP contribution in [0.5, 0.6) is 11.5 Å². The average molecular weight is 1630 g/mol. The molecule has 574 valence electrons. The summed E-state index contributed by atoms with van der Waals surface area (Å²) in [6.45, 7) is 7.97. The molecule has 6 aliphatic rings. The Morgan fingerprint density at radius 1 is 0.518 bits per heavy atom. The Morgan fingerprint density at radius 2 is 0.900 bits per heavy atom. The molecule has 4 heterocycles. The summed E-state index contributed by atoms with van der Waals surface area (Å²) < 4.78 is 44.5. The van der Waals surface area contributed by atoms with Crippen molar-refractivity contribution < 1.29 is 96.1 Å². The van der Waals surface area contributed by atoms with Gasteiger partial charge in [-0.15, -0.1) is 0 Å². The zero-order valence-corrected chi connectivity index (χ0v) is 64.1. The molecule has 2 fully saturated rings. The molecule has 0 saturated carbocycles. The summed E-state index contributed by atoms with van der Waals surface area (Å²) in [6, 6.07) is 44.3. The van der Waals surface area contributed by atoms with Crippen LogP contribution < -0.4 is 20.5 Å². The van der Waals surface area contributed by atoms with Crippen molar-refractivity contribution in [2.75, 3.05) is 59.3 Å². The molecule has 26 nitrogen and oxygen atoms in total. The first-order valence-corrected chi connectivity index (χ1v) is 37.6. The van der Waals surface area contributed by atoms with E-state index >= 15 is 0 Å². The van der Waals surface area contributed by atoms with Gasteiger partial charge in [0.25, 0.3) is 0 Å². The summed E-state index contributed by atoms with van der Waals surface area (Å²) in [5.41, 5.74) is 15.4. The number of aliphatic hydroxyl groups excluding tert-OH is 2. The number of amides is 2. The highest BCUT2D eigenvalue weighted by molar-refractivity contribution is 9.10. The molecule has 28 heteroatoms. The fourth-order valence-electron chi connectivity index (χ4n) is 14.6. The second-order valence-electron chi connectivity index (χ2n) is 26.4. The number of hydrogen-bond donors (Lipinski definition) is 4. The lowest BCUT2D eigenvalue weighted by Crippen LogP contribution is -2.45. The van der Waals surface area contributed by atoms with Crippen LogP contribution in [0.1, 0.15) is 130 Å². The molecular formula is C82H82Br2N6O20. The number of nitrogens with zero attached hydrogens (tertiary/aromatic N) is 4. The number of rotatable bonds is 25. The van der Waals surface area contributed by atoms with Crippen LogP contribution in [0.4, 0.5) is 0 Å². The number of ketones is 2. The van der Waals surface area contributed by atoms with E-state index in [0.29, 0.717) is 25.8 Å². The molecule has 0 radical (unpaired) electrons. The number of nitrogens with one attached hydrogen (secondary N) is 1. The molecule has 4 unspecified atom stereocenters. The fraction of sp³-hybridized carbons (Fsp3) is 0.366. The van der Waals surface area contributed by atoms with Gasteiger partial charge < -0.3 is 69.0 Å². The van der Waals surface area contributed by atoms with Gasteiger partial charge in [0.15, 0.2) is 23.4 Å². The van der Waals surface area contributed by atoms with Crippen LogP contribution in [0, 0.1) is 34.5 Å². The molecule has 0 spiro atoms. The maximum absolute atomic E-state index is 13.7. The SMILES string of the molecule is CC(=O)[C@@H]1C[C@@H](O)CN1C(=O)CCC(=O)OCC1c2ccccc2-c2ccccc21.CCOC(=O)C1=C(N)Oc2ccc(Br)cc2C1C(C#N)C(=O)OCC.CCOC(=O)C1=C(NCC(=O)[C@@H]2C[C@@H](O)CN2C(=O)CCC(=O)OCC2c3ccccc3-c3ccccc32)Oc2ccc(Br)cc2C1C(C#N)C(=O)OCC. The number of nitriles is 2. The number of β-amino-alcohol motifs (C(OH)–C–C–N with tert-alkyl or cyclic N) is 2. The van der Waals surface area contributed by atoms with Crippen molar-refractivity contribution in [3.63, 3.8) is 0 Å². The van der Waals surface area contributed by atoms with Crippen LogP contribution in [-0.4, -0.2) is 163 Å². The first-order chi connectivity index (χ1) is 52.9. The van der Waals surface area contributed by atoms with Crippen molar-refractivity contribution in [1.29, 1.82) is 10.5 Å². The summed E-state index contributed by atoms with van der Waals surface area (Å²) >= 11 is 6.74. The quantitative estimate of drug-likeness (QED) is 0.0306. The number of ether oxygens (including phenoxy) is 8. The largest absolute Gasteiger partial charge is 0.465 e. The number of carbonyl (C=O) groups excluding carboxylic acids is 10. The lowest BCUT2D eigenvalue weighted by Gasteiger charge is -2.32. The van der Waals surface area contributed by atoms with E-state index in [1.165, 1.54) is 16.7 Å². The van der Waals surface area contributed by atoms with Crippen LogP contribution in [0.3, 0.4) is 0 Å². The average Bonchev–Trinajstić information content (AvgIpc) is 1.45. The summed E-state index contributed by atoms with van der Waals surface area (Å²) in [5, 5.41) is 42.8. The molecule has 0 bridgehead atoms. The summed E-state index contributed by atoms with van der Waals surface area (Å²) in [4.78, 5) is 130. The van der Waals surface area contributed by atoms with Crippen molar-refractivity contribution >= 4 is 91.1 Å². The van der Waals surface area contributed by atoms with Gasteiger partial charge in [-0.25, -0.2) is 9.59 Å². The lowest BCUT2D eigenvalue weighted by atomic mass is 9.79. The maximum atomic E-state index is 13.7. The third-order valence-electron chi connectivity index (χ3n) is 19.5. The number of likely N-dealkylation sites (tertiary alicyclic amines) is 2. The smallest absolute Gasteiger partial charge is 0.340 e. The first-order valence-electron chi connectivity index (χ1n) is 36.0. The zero-order valence-electron chi connectivity index (χ0n) is 60.9. The summed E-state index contributed by atoms with van der Waals surface area (Å²) in [6.07, 6.45) is -2.01. The topological polar surface area (TPSA) is 377 Å². The molecule has 8 atom stereocenters. The van der Waals surface area contributed by atoms with Crippen molar-refractivity contribution in [1.82, 2.24) is 15.1 Å².